The van der Waals surface area contributed by atoms with Crippen LogP contribution in [-0.4, -0.2) is 22.7 Å². The number of fused-ring (bicyclic) bond motifs is 1. The number of benzene rings is 1. The molecule has 4 heteroatoms. The smallest absolute Gasteiger partial charge is 0.230 e. The van der Waals surface area contributed by atoms with E-state index in [-0.39, 0.29) is 5.91 Å². The van der Waals surface area contributed by atoms with Crippen molar-refractivity contribution < 1.29 is 4.79 Å². The number of carbonyl (C=O) groups is 1. The van der Waals surface area contributed by atoms with Gasteiger partial charge >= 0.3 is 0 Å². The highest BCUT2D eigenvalue weighted by Crippen LogP contribution is 2.26. The topological polar surface area (TPSA) is 42.0 Å². The summed E-state index contributed by atoms with van der Waals surface area (Å²) in [5.74, 6) is 0.585. The molecule has 1 heterocycles. The van der Waals surface area contributed by atoms with Gasteiger partial charge in [-0.2, -0.15) is 0 Å². The summed E-state index contributed by atoms with van der Waals surface area (Å²) < 4.78 is 0. The summed E-state index contributed by atoms with van der Waals surface area (Å²) in [6.07, 6.45) is 4.05. The van der Waals surface area contributed by atoms with E-state index in [4.69, 9.17) is 0 Å². The summed E-state index contributed by atoms with van der Waals surface area (Å²) in [6.45, 7) is 0. The Morgan fingerprint density at radius 2 is 2.17 bits per heavy atom. The lowest BCUT2D eigenvalue weighted by atomic mass is 10.2. The maximum absolute atomic E-state index is 11.7. The summed E-state index contributed by atoms with van der Waals surface area (Å²) in [5, 5.41) is 4.11. The molecule has 3 rings (SSSR count). The summed E-state index contributed by atoms with van der Waals surface area (Å²) in [7, 11) is 0. The maximum atomic E-state index is 11.7. The minimum absolute atomic E-state index is 0.121. The monoisotopic (exact) mass is 258 g/mol. The van der Waals surface area contributed by atoms with Crippen molar-refractivity contribution in [2.75, 3.05) is 5.75 Å². The van der Waals surface area contributed by atoms with Crippen molar-refractivity contribution >= 4 is 28.6 Å². The van der Waals surface area contributed by atoms with Crippen LogP contribution in [-0.2, 0) is 4.79 Å². The van der Waals surface area contributed by atoms with E-state index in [9.17, 15) is 4.79 Å². The van der Waals surface area contributed by atoms with Gasteiger partial charge in [-0.25, -0.2) is 0 Å². The van der Waals surface area contributed by atoms with Crippen LogP contribution in [0.5, 0.6) is 0 Å². The SMILES string of the molecule is O=C(CSc1cccc2cccnc12)NC1CC1. The van der Waals surface area contributed by atoms with Crippen LogP contribution in [0.3, 0.4) is 0 Å². The van der Waals surface area contributed by atoms with Gasteiger partial charge in [0.2, 0.25) is 5.91 Å². The molecule has 1 saturated carbocycles. The number of hydrogen-bond donors (Lipinski definition) is 1. The van der Waals surface area contributed by atoms with Crippen molar-refractivity contribution in [3.8, 4) is 0 Å². The van der Waals surface area contributed by atoms with Crippen LogP contribution in [0.25, 0.3) is 10.9 Å². The molecule has 0 spiro atoms. The van der Waals surface area contributed by atoms with Crippen LogP contribution in [0.15, 0.2) is 41.4 Å². The third kappa shape index (κ3) is 2.64. The Labute approximate surface area is 110 Å². The number of rotatable bonds is 4. The molecule has 0 radical (unpaired) electrons. The largest absolute Gasteiger partial charge is 0.353 e. The van der Waals surface area contributed by atoms with Crippen LogP contribution in [0.2, 0.25) is 0 Å². The number of aromatic nitrogens is 1. The molecule has 1 aromatic heterocycles. The number of pyridine rings is 1. The van der Waals surface area contributed by atoms with Gasteiger partial charge in [0.15, 0.2) is 0 Å². The number of carbonyl (C=O) groups excluding carboxylic acids is 1. The van der Waals surface area contributed by atoms with E-state index in [1.54, 1.807) is 18.0 Å². The molecule has 1 amide bonds. The second kappa shape index (κ2) is 4.98. The highest BCUT2D eigenvalue weighted by atomic mass is 32.2. The number of amides is 1. The zero-order chi connectivity index (χ0) is 12.4. The van der Waals surface area contributed by atoms with Gasteiger partial charge in [0.25, 0.3) is 0 Å². The quantitative estimate of drug-likeness (QED) is 0.857. The van der Waals surface area contributed by atoms with Crippen LogP contribution < -0.4 is 5.32 Å². The molecule has 0 saturated heterocycles. The maximum Gasteiger partial charge on any atom is 0.230 e. The normalized spacial score (nSPS) is 14.7. The third-order valence-corrected chi connectivity index (χ3v) is 3.94. The second-order valence-corrected chi connectivity index (χ2v) is 5.48. The van der Waals surface area contributed by atoms with Crippen molar-refractivity contribution in [1.29, 1.82) is 0 Å². The number of nitrogens with one attached hydrogen (secondary N) is 1. The Morgan fingerprint density at radius 3 is 3.00 bits per heavy atom. The van der Waals surface area contributed by atoms with E-state index in [2.05, 4.69) is 10.3 Å². The fourth-order valence-electron chi connectivity index (χ4n) is 1.83. The minimum Gasteiger partial charge on any atom is -0.353 e. The number of para-hydroxylation sites is 1. The fraction of sp³-hybridized carbons (Fsp3) is 0.286. The summed E-state index contributed by atoms with van der Waals surface area (Å²) in [4.78, 5) is 17.1. The Morgan fingerprint density at radius 1 is 1.33 bits per heavy atom. The van der Waals surface area contributed by atoms with Crippen molar-refractivity contribution in [2.24, 2.45) is 0 Å². The molecule has 1 aliphatic rings. The van der Waals surface area contributed by atoms with E-state index in [1.165, 1.54) is 0 Å². The lowest BCUT2D eigenvalue weighted by Gasteiger charge is -2.05. The second-order valence-electron chi connectivity index (χ2n) is 4.46. The first-order chi connectivity index (χ1) is 8.83. The number of hydrogen-bond acceptors (Lipinski definition) is 3. The molecular formula is C14H14N2OS. The van der Waals surface area contributed by atoms with Crippen LogP contribution >= 0.6 is 11.8 Å². The van der Waals surface area contributed by atoms with Crippen molar-refractivity contribution in [3.63, 3.8) is 0 Å². The predicted molar refractivity (Wildman–Crippen MR) is 73.6 cm³/mol. The molecule has 0 bridgehead atoms. The van der Waals surface area contributed by atoms with Crippen LogP contribution in [0, 0.1) is 0 Å². The van der Waals surface area contributed by atoms with Gasteiger partial charge in [-0.3, -0.25) is 9.78 Å². The van der Waals surface area contributed by atoms with E-state index in [0.29, 0.717) is 11.8 Å². The number of nitrogens with zero attached hydrogens (tertiary/aromatic N) is 1. The predicted octanol–water partition coefficient (Wildman–Crippen LogP) is 2.61. The van der Waals surface area contributed by atoms with E-state index < -0.39 is 0 Å². The molecule has 0 atom stereocenters. The Kier molecular flexibility index (Phi) is 3.19. The highest BCUT2D eigenvalue weighted by Gasteiger charge is 2.23. The lowest BCUT2D eigenvalue weighted by Crippen LogP contribution is -2.26. The molecule has 18 heavy (non-hydrogen) atoms. The lowest BCUT2D eigenvalue weighted by molar-refractivity contribution is -0.118. The molecule has 1 aromatic carbocycles. The average molecular weight is 258 g/mol. The van der Waals surface area contributed by atoms with Gasteiger partial charge in [0.05, 0.1) is 11.3 Å². The average Bonchev–Trinajstić information content (AvgIpc) is 3.20. The molecular weight excluding hydrogens is 244 g/mol. The fourth-order valence-corrected chi connectivity index (χ4v) is 2.68. The standard InChI is InChI=1S/C14H14N2OS/c17-13(16-11-6-7-11)9-18-12-5-1-3-10-4-2-8-15-14(10)12/h1-5,8,11H,6-7,9H2,(H,16,17). The van der Waals surface area contributed by atoms with Gasteiger partial charge in [-0.15, -0.1) is 11.8 Å². The van der Waals surface area contributed by atoms with Gasteiger partial charge in [-0.1, -0.05) is 18.2 Å². The zero-order valence-electron chi connectivity index (χ0n) is 9.93. The van der Waals surface area contributed by atoms with Crippen LogP contribution in [0.1, 0.15) is 12.8 Å². The van der Waals surface area contributed by atoms with Gasteiger partial charge in [-0.05, 0) is 25.0 Å². The van der Waals surface area contributed by atoms with Gasteiger partial charge in [0.1, 0.15) is 0 Å². The summed E-state index contributed by atoms with van der Waals surface area (Å²) in [6, 6.07) is 10.5. The Hall–Kier alpha value is -1.55. The molecule has 1 N–H and O–H groups in total. The first kappa shape index (κ1) is 11.5. The van der Waals surface area contributed by atoms with Crippen molar-refractivity contribution in [1.82, 2.24) is 10.3 Å². The van der Waals surface area contributed by atoms with Crippen molar-refractivity contribution in [2.45, 2.75) is 23.8 Å². The first-order valence-electron chi connectivity index (χ1n) is 6.09. The van der Waals surface area contributed by atoms with Crippen LogP contribution in [0.4, 0.5) is 0 Å². The molecule has 2 aromatic rings. The molecule has 3 nitrogen and oxygen atoms in total. The zero-order valence-corrected chi connectivity index (χ0v) is 10.7. The van der Waals surface area contributed by atoms with E-state index >= 15 is 0 Å². The summed E-state index contributed by atoms with van der Waals surface area (Å²) >= 11 is 1.55. The summed E-state index contributed by atoms with van der Waals surface area (Å²) in [5.41, 5.74) is 0.976. The molecule has 0 unspecified atom stereocenters. The highest BCUT2D eigenvalue weighted by molar-refractivity contribution is 8.00. The van der Waals surface area contributed by atoms with E-state index in [1.807, 2.05) is 30.3 Å². The molecule has 0 aliphatic heterocycles. The van der Waals surface area contributed by atoms with E-state index in [0.717, 1.165) is 28.6 Å². The van der Waals surface area contributed by atoms with Gasteiger partial charge < -0.3 is 5.32 Å². The minimum atomic E-state index is 0.121. The molecule has 1 aliphatic carbocycles. The van der Waals surface area contributed by atoms with Gasteiger partial charge in [0, 0.05) is 22.5 Å². The van der Waals surface area contributed by atoms with Crippen molar-refractivity contribution in [3.05, 3.63) is 36.5 Å². The number of thioether (sulfide) groups is 1. The third-order valence-electron chi connectivity index (χ3n) is 2.90. The first-order valence-corrected chi connectivity index (χ1v) is 7.07. The molecule has 92 valence electrons. The Balaban J connectivity index is 1.71. The Bertz CT molecular complexity index is 576. The molecule has 1 fully saturated rings.